The first-order chi connectivity index (χ1) is 15.4. The van der Waals surface area contributed by atoms with Crippen LogP contribution in [0.4, 0.5) is 5.69 Å². The SMILES string of the molecule is COc1ccc(S(=O)(=O)N(C)c2ccc(C(=O)NC3CCCc4ccccc43)cc2)cc1. The van der Waals surface area contributed by atoms with E-state index in [4.69, 9.17) is 4.74 Å². The molecule has 0 saturated heterocycles. The predicted molar refractivity (Wildman–Crippen MR) is 125 cm³/mol. The zero-order valence-corrected chi connectivity index (χ0v) is 18.9. The summed E-state index contributed by atoms with van der Waals surface area (Å²) < 4.78 is 32.2. The molecule has 3 aromatic rings. The number of aryl methyl sites for hydroxylation is 1. The Morgan fingerprint density at radius 3 is 2.38 bits per heavy atom. The van der Waals surface area contributed by atoms with Crippen LogP contribution in [0.2, 0.25) is 0 Å². The highest BCUT2D eigenvalue weighted by molar-refractivity contribution is 7.92. The van der Waals surface area contributed by atoms with Gasteiger partial charge in [-0.2, -0.15) is 0 Å². The monoisotopic (exact) mass is 450 g/mol. The highest BCUT2D eigenvalue weighted by Gasteiger charge is 2.23. The molecule has 0 heterocycles. The normalized spacial score (nSPS) is 15.5. The Hall–Kier alpha value is -3.32. The van der Waals surface area contributed by atoms with Gasteiger partial charge in [-0.15, -0.1) is 0 Å². The first-order valence-corrected chi connectivity index (χ1v) is 12.0. The molecule has 0 aliphatic heterocycles. The third-order valence-electron chi connectivity index (χ3n) is 5.89. The van der Waals surface area contributed by atoms with E-state index in [-0.39, 0.29) is 16.8 Å². The van der Waals surface area contributed by atoms with Crippen molar-refractivity contribution in [1.82, 2.24) is 5.32 Å². The van der Waals surface area contributed by atoms with Gasteiger partial charge in [0, 0.05) is 12.6 Å². The number of nitrogens with one attached hydrogen (secondary N) is 1. The number of benzene rings is 3. The number of methoxy groups -OCH3 is 1. The van der Waals surface area contributed by atoms with Gasteiger partial charge in [0.2, 0.25) is 0 Å². The van der Waals surface area contributed by atoms with Crippen molar-refractivity contribution in [2.75, 3.05) is 18.5 Å². The molecule has 1 aliphatic rings. The number of sulfonamides is 1. The predicted octanol–water partition coefficient (Wildman–Crippen LogP) is 4.33. The van der Waals surface area contributed by atoms with Crippen LogP contribution in [0.5, 0.6) is 5.75 Å². The Morgan fingerprint density at radius 1 is 1.00 bits per heavy atom. The molecular formula is C25H26N2O4S. The summed E-state index contributed by atoms with van der Waals surface area (Å²) in [6.07, 6.45) is 2.98. The molecule has 6 nitrogen and oxygen atoms in total. The fraction of sp³-hybridized carbons (Fsp3) is 0.240. The van der Waals surface area contributed by atoms with Crippen LogP contribution in [0.3, 0.4) is 0 Å². The van der Waals surface area contributed by atoms with E-state index < -0.39 is 10.0 Å². The number of anilines is 1. The van der Waals surface area contributed by atoms with Crippen molar-refractivity contribution in [3.05, 3.63) is 89.5 Å². The summed E-state index contributed by atoms with van der Waals surface area (Å²) >= 11 is 0. The number of carbonyl (C=O) groups is 1. The Kier molecular flexibility index (Phi) is 6.19. The van der Waals surface area contributed by atoms with E-state index in [0.717, 1.165) is 19.3 Å². The summed E-state index contributed by atoms with van der Waals surface area (Å²) in [4.78, 5) is 13.0. The first kappa shape index (κ1) is 21.9. The molecule has 4 rings (SSSR count). The summed E-state index contributed by atoms with van der Waals surface area (Å²) in [5.74, 6) is 0.418. The van der Waals surface area contributed by atoms with Crippen LogP contribution < -0.4 is 14.4 Å². The Balaban J connectivity index is 1.48. The minimum Gasteiger partial charge on any atom is -0.497 e. The summed E-state index contributed by atoms with van der Waals surface area (Å²) in [7, 11) is -0.707. The summed E-state index contributed by atoms with van der Waals surface area (Å²) in [5.41, 5.74) is 3.42. The number of rotatable bonds is 6. The van der Waals surface area contributed by atoms with Gasteiger partial charge in [-0.05, 0) is 78.9 Å². The molecule has 0 saturated carbocycles. The van der Waals surface area contributed by atoms with Crippen LogP contribution in [-0.4, -0.2) is 28.5 Å². The number of amides is 1. The molecule has 1 amide bonds. The smallest absolute Gasteiger partial charge is 0.264 e. The lowest BCUT2D eigenvalue weighted by Crippen LogP contribution is -2.31. The largest absolute Gasteiger partial charge is 0.497 e. The molecule has 0 spiro atoms. The van der Waals surface area contributed by atoms with Gasteiger partial charge in [-0.1, -0.05) is 24.3 Å². The third kappa shape index (κ3) is 4.34. The second kappa shape index (κ2) is 9.04. The molecule has 0 bridgehead atoms. The molecular weight excluding hydrogens is 424 g/mol. The van der Waals surface area contributed by atoms with E-state index in [1.54, 1.807) is 36.4 Å². The van der Waals surface area contributed by atoms with E-state index in [1.165, 1.54) is 41.7 Å². The third-order valence-corrected chi connectivity index (χ3v) is 7.69. The number of hydrogen-bond acceptors (Lipinski definition) is 4. The molecule has 0 radical (unpaired) electrons. The molecule has 166 valence electrons. The van der Waals surface area contributed by atoms with Crippen LogP contribution in [-0.2, 0) is 16.4 Å². The maximum atomic E-state index is 12.9. The first-order valence-electron chi connectivity index (χ1n) is 10.5. The maximum Gasteiger partial charge on any atom is 0.264 e. The van der Waals surface area contributed by atoms with Crippen molar-refractivity contribution in [2.45, 2.75) is 30.2 Å². The number of carbonyl (C=O) groups excluding carboxylic acids is 1. The minimum absolute atomic E-state index is 0.00903. The van der Waals surface area contributed by atoms with Crippen LogP contribution in [0, 0.1) is 0 Å². The molecule has 0 aromatic heterocycles. The molecule has 7 heteroatoms. The van der Waals surface area contributed by atoms with E-state index in [2.05, 4.69) is 17.4 Å². The van der Waals surface area contributed by atoms with Crippen molar-refractivity contribution in [3.63, 3.8) is 0 Å². The summed E-state index contributed by atoms with van der Waals surface area (Å²) in [6, 6.07) is 21.0. The van der Waals surface area contributed by atoms with Crippen LogP contribution in [0.15, 0.2) is 77.7 Å². The highest BCUT2D eigenvalue weighted by atomic mass is 32.2. The van der Waals surface area contributed by atoms with Crippen molar-refractivity contribution < 1.29 is 17.9 Å². The Morgan fingerprint density at radius 2 is 1.69 bits per heavy atom. The summed E-state index contributed by atoms with van der Waals surface area (Å²) in [6.45, 7) is 0. The maximum absolute atomic E-state index is 12.9. The lowest BCUT2D eigenvalue weighted by molar-refractivity contribution is 0.0932. The molecule has 1 atom stereocenters. The molecule has 3 aromatic carbocycles. The van der Waals surface area contributed by atoms with Gasteiger partial charge in [0.1, 0.15) is 5.75 Å². The number of hydrogen-bond donors (Lipinski definition) is 1. The molecule has 1 unspecified atom stereocenters. The molecule has 1 aliphatic carbocycles. The fourth-order valence-electron chi connectivity index (χ4n) is 4.01. The Labute approximate surface area is 188 Å². The lowest BCUT2D eigenvalue weighted by Gasteiger charge is -2.26. The van der Waals surface area contributed by atoms with Crippen LogP contribution in [0.1, 0.15) is 40.4 Å². The number of nitrogens with zero attached hydrogens (tertiary/aromatic N) is 1. The zero-order chi connectivity index (χ0) is 22.7. The number of ether oxygens (including phenoxy) is 1. The molecule has 32 heavy (non-hydrogen) atoms. The van der Waals surface area contributed by atoms with Crippen LogP contribution >= 0.6 is 0 Å². The highest BCUT2D eigenvalue weighted by Crippen LogP contribution is 2.30. The quantitative estimate of drug-likeness (QED) is 0.607. The zero-order valence-electron chi connectivity index (χ0n) is 18.1. The fourth-order valence-corrected chi connectivity index (χ4v) is 5.21. The van der Waals surface area contributed by atoms with Gasteiger partial charge in [-0.25, -0.2) is 8.42 Å². The van der Waals surface area contributed by atoms with Gasteiger partial charge in [0.05, 0.1) is 23.7 Å². The topological polar surface area (TPSA) is 75.7 Å². The van der Waals surface area contributed by atoms with Crippen molar-refractivity contribution in [3.8, 4) is 5.75 Å². The standard InChI is InChI=1S/C25H26N2O4S/c1-27(32(29,30)22-16-14-21(31-2)15-17-22)20-12-10-19(11-13-20)25(28)26-24-9-5-7-18-6-3-4-8-23(18)24/h3-4,6,8,10-17,24H,5,7,9H2,1-2H3,(H,26,28). The molecule has 1 N–H and O–H groups in total. The minimum atomic E-state index is -3.73. The molecule has 0 fully saturated rings. The average Bonchev–Trinajstić information content (AvgIpc) is 2.84. The van der Waals surface area contributed by atoms with E-state index in [1.807, 2.05) is 12.1 Å². The average molecular weight is 451 g/mol. The summed E-state index contributed by atoms with van der Waals surface area (Å²) in [5, 5.41) is 3.12. The second-order valence-corrected chi connectivity index (χ2v) is 9.78. The van der Waals surface area contributed by atoms with Gasteiger partial charge in [0.15, 0.2) is 0 Å². The lowest BCUT2D eigenvalue weighted by atomic mass is 9.87. The van der Waals surface area contributed by atoms with Crippen LogP contribution in [0.25, 0.3) is 0 Å². The van der Waals surface area contributed by atoms with E-state index >= 15 is 0 Å². The van der Waals surface area contributed by atoms with E-state index in [9.17, 15) is 13.2 Å². The van der Waals surface area contributed by atoms with Gasteiger partial charge in [-0.3, -0.25) is 9.10 Å². The van der Waals surface area contributed by atoms with E-state index in [0.29, 0.717) is 17.0 Å². The van der Waals surface area contributed by atoms with Gasteiger partial charge in [0.25, 0.3) is 15.9 Å². The van der Waals surface area contributed by atoms with Crippen molar-refractivity contribution in [1.29, 1.82) is 0 Å². The number of fused-ring (bicyclic) bond motifs is 1. The Bertz CT molecular complexity index is 1210. The van der Waals surface area contributed by atoms with Gasteiger partial charge >= 0.3 is 0 Å². The van der Waals surface area contributed by atoms with Crippen molar-refractivity contribution >= 4 is 21.6 Å². The van der Waals surface area contributed by atoms with Gasteiger partial charge < -0.3 is 10.1 Å². The second-order valence-electron chi connectivity index (χ2n) is 7.81. The van der Waals surface area contributed by atoms with Crippen molar-refractivity contribution in [2.24, 2.45) is 0 Å².